The van der Waals surface area contributed by atoms with E-state index in [1.807, 2.05) is 0 Å². The average Bonchev–Trinajstić information content (AvgIpc) is 2.87. The highest BCUT2D eigenvalue weighted by molar-refractivity contribution is 5.82. The largest absolute Gasteiger partial charge is 0.390 e. The van der Waals surface area contributed by atoms with Crippen molar-refractivity contribution in [2.24, 2.45) is 0 Å². The van der Waals surface area contributed by atoms with Gasteiger partial charge >= 0.3 is 0 Å². The summed E-state index contributed by atoms with van der Waals surface area (Å²) in [6.07, 6.45) is -0.882. The Morgan fingerprint density at radius 1 is 1.37 bits per heavy atom. The lowest BCUT2D eigenvalue weighted by atomic mass is 10.0. The molecule has 19 heavy (non-hydrogen) atoms. The Morgan fingerprint density at radius 3 is 2.58 bits per heavy atom. The molecule has 1 aromatic carbocycles. The molecule has 104 valence electrons. The number of likely N-dealkylation sites (tertiary alicyclic amines) is 1. The first-order valence-corrected chi connectivity index (χ1v) is 6.43. The van der Waals surface area contributed by atoms with Gasteiger partial charge in [0.1, 0.15) is 5.82 Å². The molecule has 4 nitrogen and oxygen atoms in total. The van der Waals surface area contributed by atoms with Gasteiger partial charge in [0.25, 0.3) is 5.91 Å². The molecule has 1 amide bonds. The molecule has 1 heterocycles. The van der Waals surface area contributed by atoms with Crippen LogP contribution >= 0.6 is 0 Å². The van der Waals surface area contributed by atoms with Gasteiger partial charge < -0.3 is 15.1 Å². The lowest BCUT2D eigenvalue weighted by Gasteiger charge is -2.28. The van der Waals surface area contributed by atoms with Crippen LogP contribution in [0.1, 0.15) is 31.4 Å². The summed E-state index contributed by atoms with van der Waals surface area (Å²) in [5, 5.41) is 19.0. The number of halogens is 1. The van der Waals surface area contributed by atoms with Crippen molar-refractivity contribution in [3.8, 4) is 0 Å². The van der Waals surface area contributed by atoms with E-state index in [2.05, 4.69) is 0 Å². The zero-order valence-corrected chi connectivity index (χ0v) is 10.8. The summed E-state index contributed by atoms with van der Waals surface area (Å²) in [7, 11) is 0. The van der Waals surface area contributed by atoms with Gasteiger partial charge in [0, 0.05) is 6.54 Å². The van der Waals surface area contributed by atoms with Crippen LogP contribution in [0.3, 0.4) is 0 Å². The Balaban J connectivity index is 2.17. The van der Waals surface area contributed by atoms with Gasteiger partial charge in [-0.05, 0) is 37.5 Å². The van der Waals surface area contributed by atoms with Crippen molar-refractivity contribution in [1.29, 1.82) is 0 Å². The predicted octanol–water partition coefficient (Wildman–Crippen LogP) is 1.23. The molecule has 0 bridgehead atoms. The van der Waals surface area contributed by atoms with Crippen LogP contribution in [0.4, 0.5) is 4.39 Å². The van der Waals surface area contributed by atoms with Crippen LogP contribution in [0.15, 0.2) is 24.3 Å². The average molecular weight is 267 g/mol. The van der Waals surface area contributed by atoms with Crippen molar-refractivity contribution in [2.45, 2.75) is 38.0 Å². The second kappa shape index (κ2) is 5.67. The highest BCUT2D eigenvalue weighted by Crippen LogP contribution is 2.32. The minimum absolute atomic E-state index is 0.151. The minimum atomic E-state index is -1.40. The lowest BCUT2D eigenvalue weighted by molar-refractivity contribution is -0.146. The maximum Gasteiger partial charge on any atom is 0.254 e. The molecule has 2 N–H and O–H groups in total. The van der Waals surface area contributed by atoms with E-state index in [9.17, 15) is 19.4 Å². The molecule has 1 aliphatic heterocycles. The third-order valence-electron chi connectivity index (χ3n) is 3.50. The molecule has 0 aromatic heterocycles. The number of aliphatic hydroxyl groups is 2. The number of hydrogen-bond acceptors (Lipinski definition) is 3. The molecule has 1 saturated heterocycles. The third-order valence-corrected chi connectivity index (χ3v) is 3.50. The maximum absolute atomic E-state index is 12.9. The Morgan fingerprint density at radius 2 is 2.00 bits per heavy atom. The lowest BCUT2D eigenvalue weighted by Crippen LogP contribution is -2.43. The summed E-state index contributed by atoms with van der Waals surface area (Å²) in [4.78, 5) is 13.6. The van der Waals surface area contributed by atoms with Gasteiger partial charge in [0.15, 0.2) is 6.10 Å². The second-order valence-electron chi connectivity index (χ2n) is 4.93. The van der Waals surface area contributed by atoms with Crippen LogP contribution in [-0.4, -0.2) is 39.8 Å². The molecule has 1 aromatic rings. The van der Waals surface area contributed by atoms with E-state index in [4.69, 9.17) is 0 Å². The molecule has 3 atom stereocenters. The van der Waals surface area contributed by atoms with Gasteiger partial charge in [-0.25, -0.2) is 4.39 Å². The van der Waals surface area contributed by atoms with Gasteiger partial charge in [-0.2, -0.15) is 0 Å². The Hall–Kier alpha value is -1.46. The van der Waals surface area contributed by atoms with E-state index in [1.165, 1.54) is 19.1 Å². The van der Waals surface area contributed by atoms with Crippen molar-refractivity contribution < 1.29 is 19.4 Å². The number of nitrogens with zero attached hydrogens (tertiary/aromatic N) is 1. The number of aliphatic hydroxyl groups excluding tert-OH is 2. The molecule has 3 unspecified atom stereocenters. The standard InChI is InChI=1S/C14H18FNO3/c1-9(17)13(18)14(19)16-8-2-3-12(16)10-4-6-11(15)7-5-10/h4-7,9,12-13,17-18H,2-3,8H2,1H3. The van der Waals surface area contributed by atoms with Crippen molar-refractivity contribution >= 4 is 5.91 Å². The summed E-state index contributed by atoms with van der Waals surface area (Å²) in [6.45, 7) is 1.93. The molecular formula is C14H18FNO3. The fourth-order valence-corrected chi connectivity index (χ4v) is 2.44. The van der Waals surface area contributed by atoms with Crippen LogP contribution in [0, 0.1) is 5.82 Å². The minimum Gasteiger partial charge on any atom is -0.390 e. The molecule has 2 rings (SSSR count). The van der Waals surface area contributed by atoms with E-state index in [0.717, 1.165) is 18.4 Å². The molecule has 0 spiro atoms. The van der Waals surface area contributed by atoms with Gasteiger partial charge in [-0.3, -0.25) is 4.79 Å². The van der Waals surface area contributed by atoms with Crippen LogP contribution in [0.25, 0.3) is 0 Å². The fourth-order valence-electron chi connectivity index (χ4n) is 2.44. The zero-order valence-electron chi connectivity index (χ0n) is 10.8. The summed E-state index contributed by atoms with van der Waals surface area (Å²) >= 11 is 0. The monoisotopic (exact) mass is 267 g/mol. The van der Waals surface area contributed by atoms with Crippen LogP contribution < -0.4 is 0 Å². The second-order valence-corrected chi connectivity index (χ2v) is 4.93. The third kappa shape index (κ3) is 2.93. The maximum atomic E-state index is 12.9. The predicted molar refractivity (Wildman–Crippen MR) is 67.8 cm³/mol. The normalized spacial score (nSPS) is 22.3. The highest BCUT2D eigenvalue weighted by Gasteiger charge is 2.34. The van der Waals surface area contributed by atoms with Crippen LogP contribution in [0.5, 0.6) is 0 Å². The fraction of sp³-hybridized carbons (Fsp3) is 0.500. The molecule has 0 saturated carbocycles. The number of carbonyl (C=O) groups excluding carboxylic acids is 1. The summed E-state index contributed by atoms with van der Waals surface area (Å²) < 4.78 is 12.9. The van der Waals surface area contributed by atoms with Crippen molar-refractivity contribution in [3.63, 3.8) is 0 Å². The number of rotatable bonds is 3. The van der Waals surface area contributed by atoms with Gasteiger partial charge in [0.2, 0.25) is 0 Å². The summed E-state index contributed by atoms with van der Waals surface area (Å²) in [5.74, 6) is -0.787. The topological polar surface area (TPSA) is 60.8 Å². The molecule has 1 aliphatic rings. The van der Waals surface area contributed by atoms with E-state index < -0.39 is 18.1 Å². The quantitative estimate of drug-likeness (QED) is 0.866. The molecular weight excluding hydrogens is 249 g/mol. The molecule has 5 heteroatoms. The Bertz CT molecular complexity index is 447. The van der Waals surface area contributed by atoms with Gasteiger partial charge in [0.05, 0.1) is 12.1 Å². The number of carbonyl (C=O) groups is 1. The first-order chi connectivity index (χ1) is 9.00. The summed E-state index contributed by atoms with van der Waals surface area (Å²) in [6, 6.07) is 5.88. The van der Waals surface area contributed by atoms with Crippen molar-refractivity contribution in [1.82, 2.24) is 4.90 Å². The van der Waals surface area contributed by atoms with Gasteiger partial charge in [-0.15, -0.1) is 0 Å². The molecule has 0 radical (unpaired) electrons. The zero-order chi connectivity index (χ0) is 14.0. The summed E-state index contributed by atoms with van der Waals surface area (Å²) in [5.41, 5.74) is 0.852. The van der Waals surface area contributed by atoms with E-state index >= 15 is 0 Å². The van der Waals surface area contributed by atoms with Crippen LogP contribution in [0.2, 0.25) is 0 Å². The molecule has 1 fully saturated rings. The van der Waals surface area contributed by atoms with Crippen LogP contribution in [-0.2, 0) is 4.79 Å². The van der Waals surface area contributed by atoms with Crippen molar-refractivity contribution in [2.75, 3.05) is 6.54 Å². The van der Waals surface area contributed by atoms with Crippen molar-refractivity contribution in [3.05, 3.63) is 35.6 Å². The smallest absolute Gasteiger partial charge is 0.254 e. The van der Waals surface area contributed by atoms with E-state index in [-0.39, 0.29) is 11.9 Å². The van der Waals surface area contributed by atoms with E-state index in [0.29, 0.717) is 6.54 Å². The highest BCUT2D eigenvalue weighted by atomic mass is 19.1. The number of benzene rings is 1. The molecule has 0 aliphatic carbocycles. The number of amides is 1. The SMILES string of the molecule is CC(O)C(O)C(=O)N1CCCC1c1ccc(F)cc1. The van der Waals surface area contributed by atoms with E-state index in [1.54, 1.807) is 17.0 Å². The Labute approximate surface area is 111 Å². The first kappa shape index (κ1) is 14.0. The van der Waals surface area contributed by atoms with Gasteiger partial charge in [-0.1, -0.05) is 12.1 Å². The number of hydrogen-bond donors (Lipinski definition) is 2. The first-order valence-electron chi connectivity index (χ1n) is 6.43. The Kier molecular flexibility index (Phi) is 4.17.